The number of hydrogen-bond acceptors (Lipinski definition) is 2. The Morgan fingerprint density at radius 2 is 0.920 bits per heavy atom. The van der Waals surface area contributed by atoms with E-state index in [2.05, 4.69) is 22.9 Å². The summed E-state index contributed by atoms with van der Waals surface area (Å²) in [5.74, 6) is -0.146. The summed E-state index contributed by atoms with van der Waals surface area (Å²) in [6.45, 7) is 2.87. The van der Waals surface area contributed by atoms with Crippen molar-refractivity contribution >= 4 is 21.9 Å². The SMILES string of the molecule is CCCCCCCCCCCCCCCCCCCCOC(=O)CBr. The topological polar surface area (TPSA) is 26.3 Å². The highest BCUT2D eigenvalue weighted by Crippen LogP contribution is 2.14. The first-order valence-electron chi connectivity index (χ1n) is 11.0. The van der Waals surface area contributed by atoms with E-state index in [0.29, 0.717) is 11.9 Å². The molecule has 150 valence electrons. The maximum Gasteiger partial charge on any atom is 0.316 e. The molecule has 0 aromatic carbocycles. The van der Waals surface area contributed by atoms with Gasteiger partial charge in [0.2, 0.25) is 0 Å². The van der Waals surface area contributed by atoms with Crippen LogP contribution in [0.1, 0.15) is 122 Å². The summed E-state index contributed by atoms with van der Waals surface area (Å²) in [7, 11) is 0. The molecule has 0 aliphatic rings. The number of unbranched alkanes of at least 4 members (excludes halogenated alkanes) is 17. The summed E-state index contributed by atoms with van der Waals surface area (Å²) < 4.78 is 5.03. The van der Waals surface area contributed by atoms with Crippen LogP contribution in [0, 0.1) is 0 Å². The van der Waals surface area contributed by atoms with Crippen molar-refractivity contribution in [3.8, 4) is 0 Å². The van der Waals surface area contributed by atoms with Gasteiger partial charge in [-0.1, -0.05) is 132 Å². The second-order valence-electron chi connectivity index (χ2n) is 7.36. The zero-order valence-corrected chi connectivity index (χ0v) is 18.4. The average Bonchev–Trinajstić information content (AvgIpc) is 2.63. The number of alkyl halides is 1. The van der Waals surface area contributed by atoms with Gasteiger partial charge in [-0.3, -0.25) is 4.79 Å². The highest BCUT2D eigenvalue weighted by molar-refractivity contribution is 9.09. The Balaban J connectivity index is 2.99. The van der Waals surface area contributed by atoms with Gasteiger partial charge in [0.1, 0.15) is 5.33 Å². The largest absolute Gasteiger partial charge is 0.465 e. The quantitative estimate of drug-likeness (QED) is 0.114. The molecular weight excluding hydrogens is 376 g/mol. The minimum Gasteiger partial charge on any atom is -0.465 e. The van der Waals surface area contributed by atoms with Crippen molar-refractivity contribution in [1.82, 2.24) is 0 Å². The molecule has 0 rings (SSSR count). The van der Waals surface area contributed by atoms with Gasteiger partial charge in [0.15, 0.2) is 0 Å². The molecule has 0 heterocycles. The molecule has 25 heavy (non-hydrogen) atoms. The summed E-state index contributed by atoms with van der Waals surface area (Å²) in [6, 6.07) is 0. The molecule has 0 saturated heterocycles. The monoisotopic (exact) mass is 418 g/mol. The van der Waals surface area contributed by atoms with Gasteiger partial charge >= 0.3 is 5.97 Å². The molecule has 0 radical (unpaired) electrons. The molecule has 0 atom stereocenters. The maximum atomic E-state index is 10.9. The minimum atomic E-state index is -0.146. The number of carbonyl (C=O) groups is 1. The van der Waals surface area contributed by atoms with Crippen LogP contribution in [-0.4, -0.2) is 17.9 Å². The summed E-state index contributed by atoms with van der Waals surface area (Å²) >= 11 is 3.10. The summed E-state index contributed by atoms with van der Waals surface area (Å²) in [5, 5.41) is 0.312. The summed E-state index contributed by atoms with van der Waals surface area (Å²) in [6.07, 6.45) is 24.8. The first kappa shape index (κ1) is 24.9. The number of carbonyl (C=O) groups excluding carboxylic acids is 1. The Kier molecular flexibility index (Phi) is 21.9. The lowest BCUT2D eigenvalue weighted by molar-refractivity contribution is -0.140. The molecular formula is C22H43BrO2. The van der Waals surface area contributed by atoms with Crippen molar-refractivity contribution in [3.05, 3.63) is 0 Å². The number of hydrogen-bond donors (Lipinski definition) is 0. The molecule has 0 aliphatic heterocycles. The van der Waals surface area contributed by atoms with Crippen LogP contribution in [0.3, 0.4) is 0 Å². The predicted octanol–water partition coefficient (Wildman–Crippen LogP) is 7.97. The molecule has 0 N–H and O–H groups in total. The van der Waals surface area contributed by atoms with E-state index < -0.39 is 0 Å². The summed E-state index contributed by atoms with van der Waals surface area (Å²) in [4.78, 5) is 10.9. The highest BCUT2D eigenvalue weighted by atomic mass is 79.9. The molecule has 0 saturated carbocycles. The fourth-order valence-corrected chi connectivity index (χ4v) is 3.39. The first-order chi connectivity index (χ1) is 12.3. The third kappa shape index (κ3) is 21.9. The van der Waals surface area contributed by atoms with Gasteiger partial charge in [0.05, 0.1) is 6.61 Å². The molecule has 2 nitrogen and oxygen atoms in total. The lowest BCUT2D eigenvalue weighted by Crippen LogP contribution is -2.06. The molecule has 0 aromatic heterocycles. The maximum absolute atomic E-state index is 10.9. The van der Waals surface area contributed by atoms with E-state index in [9.17, 15) is 4.79 Å². The average molecular weight is 419 g/mol. The predicted molar refractivity (Wildman–Crippen MR) is 114 cm³/mol. The van der Waals surface area contributed by atoms with Gasteiger partial charge in [0.25, 0.3) is 0 Å². The first-order valence-corrected chi connectivity index (χ1v) is 12.1. The molecule has 0 fully saturated rings. The number of esters is 1. The Morgan fingerprint density at radius 3 is 1.24 bits per heavy atom. The van der Waals surface area contributed by atoms with Gasteiger partial charge in [-0.15, -0.1) is 0 Å². The van der Waals surface area contributed by atoms with Gasteiger partial charge in [-0.25, -0.2) is 0 Å². The molecule has 0 aliphatic carbocycles. The third-order valence-electron chi connectivity index (χ3n) is 4.87. The van der Waals surface area contributed by atoms with Crippen LogP contribution in [-0.2, 0) is 9.53 Å². The van der Waals surface area contributed by atoms with Crippen molar-refractivity contribution in [2.75, 3.05) is 11.9 Å². The van der Waals surface area contributed by atoms with Crippen LogP contribution in [0.4, 0.5) is 0 Å². The van der Waals surface area contributed by atoms with Gasteiger partial charge in [-0.05, 0) is 6.42 Å². The lowest BCUT2D eigenvalue weighted by atomic mass is 10.0. The highest BCUT2D eigenvalue weighted by Gasteiger charge is 1.98. The van der Waals surface area contributed by atoms with Gasteiger partial charge in [0, 0.05) is 0 Å². The molecule has 0 bridgehead atoms. The second kappa shape index (κ2) is 22.0. The number of rotatable bonds is 20. The Hall–Kier alpha value is -0.0500. The van der Waals surface area contributed by atoms with Gasteiger partial charge in [-0.2, -0.15) is 0 Å². The molecule has 3 heteroatoms. The van der Waals surface area contributed by atoms with Crippen LogP contribution >= 0.6 is 15.9 Å². The van der Waals surface area contributed by atoms with Crippen LogP contribution < -0.4 is 0 Å². The van der Waals surface area contributed by atoms with E-state index in [1.807, 2.05) is 0 Å². The van der Waals surface area contributed by atoms with Crippen LogP contribution in [0.2, 0.25) is 0 Å². The van der Waals surface area contributed by atoms with E-state index in [-0.39, 0.29) is 5.97 Å². The standard InChI is InChI=1S/C22H43BrO2/c1-2-3-4-5-6-7-8-9-10-11-12-13-14-15-16-17-18-19-20-25-22(24)21-23/h2-21H2,1H3. The van der Waals surface area contributed by atoms with Gasteiger partial charge < -0.3 is 4.74 Å². The number of ether oxygens (including phenoxy) is 1. The van der Waals surface area contributed by atoms with Crippen LogP contribution in [0.25, 0.3) is 0 Å². The van der Waals surface area contributed by atoms with Crippen molar-refractivity contribution in [3.63, 3.8) is 0 Å². The van der Waals surface area contributed by atoms with Crippen molar-refractivity contribution in [2.24, 2.45) is 0 Å². The molecule has 0 aromatic rings. The second-order valence-corrected chi connectivity index (χ2v) is 7.93. The molecule has 0 spiro atoms. The lowest BCUT2D eigenvalue weighted by Gasteiger charge is -2.04. The molecule has 0 unspecified atom stereocenters. The summed E-state index contributed by atoms with van der Waals surface area (Å²) in [5.41, 5.74) is 0. The Labute approximate surface area is 166 Å². The Morgan fingerprint density at radius 1 is 0.600 bits per heavy atom. The van der Waals surface area contributed by atoms with E-state index in [1.54, 1.807) is 0 Å². The number of halogens is 1. The van der Waals surface area contributed by atoms with E-state index in [4.69, 9.17) is 4.74 Å². The smallest absolute Gasteiger partial charge is 0.316 e. The fraction of sp³-hybridized carbons (Fsp3) is 0.955. The van der Waals surface area contributed by atoms with Crippen LogP contribution in [0.15, 0.2) is 0 Å². The zero-order valence-electron chi connectivity index (χ0n) is 16.8. The van der Waals surface area contributed by atoms with Crippen molar-refractivity contribution in [1.29, 1.82) is 0 Å². The van der Waals surface area contributed by atoms with E-state index in [0.717, 1.165) is 6.42 Å². The Bertz CT molecular complexity index is 269. The van der Waals surface area contributed by atoms with Crippen molar-refractivity contribution < 1.29 is 9.53 Å². The third-order valence-corrected chi connectivity index (χ3v) is 5.33. The van der Waals surface area contributed by atoms with Crippen LogP contribution in [0.5, 0.6) is 0 Å². The van der Waals surface area contributed by atoms with E-state index >= 15 is 0 Å². The normalized spacial score (nSPS) is 11.0. The van der Waals surface area contributed by atoms with E-state index in [1.165, 1.54) is 109 Å². The molecule has 0 amide bonds. The minimum absolute atomic E-state index is 0.146. The van der Waals surface area contributed by atoms with Crippen molar-refractivity contribution in [2.45, 2.75) is 122 Å². The fourth-order valence-electron chi connectivity index (χ4n) is 3.23. The zero-order chi connectivity index (χ0) is 18.4.